The molecule has 0 bridgehead atoms. The second-order valence-electron chi connectivity index (χ2n) is 7.14. The molecule has 0 fully saturated rings. The van der Waals surface area contributed by atoms with Crippen LogP contribution in [0.25, 0.3) is 22.8 Å². The molecule has 32 heavy (non-hydrogen) atoms. The van der Waals surface area contributed by atoms with Crippen LogP contribution < -0.4 is 14.8 Å². The SMILES string of the molecule is COc1ccc(CCNC(=O)c2ccccc2-c2ncc(-c3ccccc3)o2)cc1OC. The quantitative estimate of drug-likeness (QED) is 0.428. The average Bonchev–Trinajstić information content (AvgIpc) is 3.34. The third kappa shape index (κ3) is 4.64. The van der Waals surface area contributed by atoms with E-state index in [1.807, 2.05) is 66.7 Å². The van der Waals surface area contributed by atoms with E-state index in [9.17, 15) is 4.79 Å². The number of ether oxygens (including phenoxy) is 2. The molecule has 1 amide bonds. The van der Waals surface area contributed by atoms with Gasteiger partial charge in [-0.25, -0.2) is 4.98 Å². The summed E-state index contributed by atoms with van der Waals surface area (Å²) in [7, 11) is 3.21. The molecular formula is C26H24N2O4. The van der Waals surface area contributed by atoms with Crippen LogP contribution in [0.2, 0.25) is 0 Å². The van der Waals surface area contributed by atoms with Crippen LogP contribution in [-0.2, 0) is 6.42 Å². The molecule has 4 aromatic rings. The number of hydrogen-bond donors (Lipinski definition) is 1. The molecule has 0 atom stereocenters. The lowest BCUT2D eigenvalue weighted by Crippen LogP contribution is -2.26. The number of amides is 1. The number of carbonyl (C=O) groups is 1. The third-order valence-electron chi connectivity index (χ3n) is 5.11. The van der Waals surface area contributed by atoms with E-state index in [2.05, 4.69) is 10.3 Å². The van der Waals surface area contributed by atoms with Crippen molar-refractivity contribution in [3.8, 4) is 34.3 Å². The van der Waals surface area contributed by atoms with Crippen LogP contribution in [0.1, 0.15) is 15.9 Å². The minimum Gasteiger partial charge on any atom is -0.493 e. The first-order valence-corrected chi connectivity index (χ1v) is 10.3. The van der Waals surface area contributed by atoms with Crippen molar-refractivity contribution in [3.05, 3.63) is 90.1 Å². The number of carbonyl (C=O) groups excluding carboxylic acids is 1. The molecule has 0 radical (unpaired) electrons. The molecule has 4 rings (SSSR count). The van der Waals surface area contributed by atoms with E-state index >= 15 is 0 Å². The van der Waals surface area contributed by atoms with Gasteiger partial charge in [0.05, 0.1) is 26.0 Å². The van der Waals surface area contributed by atoms with Crippen LogP contribution in [0.15, 0.2) is 83.4 Å². The number of nitrogens with zero attached hydrogens (tertiary/aromatic N) is 1. The van der Waals surface area contributed by atoms with Crippen LogP contribution in [-0.4, -0.2) is 31.7 Å². The molecule has 0 aliphatic carbocycles. The van der Waals surface area contributed by atoms with Gasteiger partial charge in [0.2, 0.25) is 5.89 Å². The molecule has 6 heteroatoms. The lowest BCUT2D eigenvalue weighted by Gasteiger charge is -2.11. The fourth-order valence-corrected chi connectivity index (χ4v) is 3.45. The Balaban J connectivity index is 1.46. The van der Waals surface area contributed by atoms with Crippen LogP contribution in [0, 0.1) is 0 Å². The van der Waals surface area contributed by atoms with Crippen molar-refractivity contribution >= 4 is 5.91 Å². The van der Waals surface area contributed by atoms with Crippen molar-refractivity contribution < 1.29 is 18.7 Å². The van der Waals surface area contributed by atoms with Gasteiger partial charge in [-0.2, -0.15) is 0 Å². The molecule has 0 saturated heterocycles. The zero-order valence-corrected chi connectivity index (χ0v) is 18.0. The number of methoxy groups -OCH3 is 2. The fraction of sp³-hybridized carbons (Fsp3) is 0.154. The number of hydrogen-bond acceptors (Lipinski definition) is 5. The highest BCUT2D eigenvalue weighted by Crippen LogP contribution is 2.29. The largest absolute Gasteiger partial charge is 0.493 e. The second kappa shape index (κ2) is 9.83. The van der Waals surface area contributed by atoms with Crippen LogP contribution in [0.3, 0.4) is 0 Å². The predicted molar refractivity (Wildman–Crippen MR) is 123 cm³/mol. The van der Waals surface area contributed by atoms with E-state index in [0.717, 1.165) is 11.1 Å². The Labute approximate surface area is 186 Å². The summed E-state index contributed by atoms with van der Waals surface area (Å²) in [6.07, 6.45) is 2.34. The molecule has 1 heterocycles. The zero-order chi connectivity index (χ0) is 22.3. The van der Waals surface area contributed by atoms with Crippen molar-refractivity contribution in [2.24, 2.45) is 0 Å². The van der Waals surface area contributed by atoms with Gasteiger partial charge in [0, 0.05) is 17.7 Å². The molecule has 0 saturated carbocycles. The normalized spacial score (nSPS) is 10.6. The Morgan fingerprint density at radius 2 is 1.69 bits per heavy atom. The molecule has 162 valence electrons. The third-order valence-corrected chi connectivity index (χ3v) is 5.11. The van der Waals surface area contributed by atoms with Crippen molar-refractivity contribution in [3.63, 3.8) is 0 Å². The molecular weight excluding hydrogens is 404 g/mol. The molecule has 0 aliphatic heterocycles. The highest BCUT2D eigenvalue weighted by Gasteiger charge is 2.17. The number of nitrogens with one attached hydrogen (secondary N) is 1. The number of aromatic nitrogens is 1. The van der Waals surface area contributed by atoms with Crippen molar-refractivity contribution in [2.45, 2.75) is 6.42 Å². The molecule has 0 spiro atoms. The summed E-state index contributed by atoms with van der Waals surface area (Å²) in [6, 6.07) is 22.8. The molecule has 0 unspecified atom stereocenters. The van der Waals surface area contributed by atoms with E-state index in [1.165, 1.54) is 0 Å². The van der Waals surface area contributed by atoms with Gasteiger partial charge in [-0.05, 0) is 36.2 Å². The summed E-state index contributed by atoms with van der Waals surface area (Å²) in [5, 5.41) is 2.98. The zero-order valence-electron chi connectivity index (χ0n) is 18.0. The first kappa shape index (κ1) is 21.2. The van der Waals surface area contributed by atoms with E-state index in [-0.39, 0.29) is 5.91 Å². The van der Waals surface area contributed by atoms with Gasteiger partial charge in [-0.3, -0.25) is 4.79 Å². The van der Waals surface area contributed by atoms with E-state index < -0.39 is 0 Å². The Hall–Kier alpha value is -4.06. The maximum Gasteiger partial charge on any atom is 0.252 e. The van der Waals surface area contributed by atoms with E-state index in [1.54, 1.807) is 26.5 Å². The minimum atomic E-state index is -0.180. The first-order chi connectivity index (χ1) is 15.7. The van der Waals surface area contributed by atoms with Gasteiger partial charge in [-0.1, -0.05) is 48.5 Å². The predicted octanol–water partition coefficient (Wildman–Crippen LogP) is 5.00. The molecule has 1 N–H and O–H groups in total. The number of oxazole rings is 1. The van der Waals surface area contributed by atoms with Crippen molar-refractivity contribution in [1.82, 2.24) is 10.3 Å². The first-order valence-electron chi connectivity index (χ1n) is 10.3. The monoisotopic (exact) mass is 428 g/mol. The average molecular weight is 428 g/mol. The summed E-state index contributed by atoms with van der Waals surface area (Å²) in [6.45, 7) is 0.476. The smallest absolute Gasteiger partial charge is 0.252 e. The lowest BCUT2D eigenvalue weighted by molar-refractivity contribution is 0.0954. The fourth-order valence-electron chi connectivity index (χ4n) is 3.45. The Morgan fingerprint density at radius 1 is 0.938 bits per heavy atom. The van der Waals surface area contributed by atoms with Crippen LogP contribution >= 0.6 is 0 Å². The highest BCUT2D eigenvalue weighted by atomic mass is 16.5. The summed E-state index contributed by atoms with van der Waals surface area (Å²) < 4.78 is 16.6. The van der Waals surface area contributed by atoms with Gasteiger partial charge in [0.15, 0.2) is 17.3 Å². The van der Waals surface area contributed by atoms with E-state index in [0.29, 0.717) is 47.2 Å². The van der Waals surface area contributed by atoms with Gasteiger partial charge >= 0.3 is 0 Å². The van der Waals surface area contributed by atoms with Crippen LogP contribution in [0.4, 0.5) is 0 Å². The Bertz CT molecular complexity index is 1200. The van der Waals surface area contributed by atoms with Crippen molar-refractivity contribution in [1.29, 1.82) is 0 Å². The Morgan fingerprint density at radius 3 is 2.47 bits per heavy atom. The number of rotatable bonds is 8. The second-order valence-corrected chi connectivity index (χ2v) is 7.14. The van der Waals surface area contributed by atoms with Gasteiger partial charge < -0.3 is 19.2 Å². The van der Waals surface area contributed by atoms with Gasteiger partial charge in [0.25, 0.3) is 5.91 Å². The summed E-state index contributed by atoms with van der Waals surface area (Å²) in [5.74, 6) is 2.23. The van der Waals surface area contributed by atoms with Crippen LogP contribution in [0.5, 0.6) is 11.5 Å². The molecule has 3 aromatic carbocycles. The summed E-state index contributed by atoms with van der Waals surface area (Å²) in [4.78, 5) is 17.3. The molecule has 0 aliphatic rings. The summed E-state index contributed by atoms with van der Waals surface area (Å²) in [5.41, 5.74) is 3.14. The number of benzene rings is 3. The highest BCUT2D eigenvalue weighted by molar-refractivity contribution is 6.00. The standard InChI is InChI=1S/C26H24N2O4/c1-30-22-13-12-18(16-23(22)31-2)14-15-27-25(29)20-10-6-7-11-21(20)26-28-17-24(32-26)19-8-4-3-5-9-19/h3-13,16-17H,14-15H2,1-2H3,(H,27,29). The minimum absolute atomic E-state index is 0.180. The van der Waals surface area contributed by atoms with Crippen molar-refractivity contribution in [2.75, 3.05) is 20.8 Å². The molecule has 6 nitrogen and oxygen atoms in total. The molecule has 1 aromatic heterocycles. The maximum absolute atomic E-state index is 12.9. The lowest BCUT2D eigenvalue weighted by atomic mass is 10.1. The topological polar surface area (TPSA) is 73.6 Å². The Kier molecular flexibility index (Phi) is 6.51. The van der Waals surface area contributed by atoms with E-state index in [4.69, 9.17) is 13.9 Å². The maximum atomic E-state index is 12.9. The van der Waals surface area contributed by atoms with Gasteiger partial charge in [-0.15, -0.1) is 0 Å². The van der Waals surface area contributed by atoms with Gasteiger partial charge in [0.1, 0.15) is 0 Å². The summed E-state index contributed by atoms with van der Waals surface area (Å²) >= 11 is 0.